The molecular formula is C14H17N3OS. The number of hydrogen-bond acceptors (Lipinski definition) is 3. The zero-order chi connectivity index (χ0) is 13.5. The SMILES string of the molecule is CCCn1c(SC/C=C/c2ccccc2)n[nH]c1=O. The smallest absolute Gasteiger partial charge is 0.270 e. The van der Waals surface area contributed by atoms with Crippen LogP contribution in [0.5, 0.6) is 0 Å². The Morgan fingerprint density at radius 3 is 2.89 bits per heavy atom. The van der Waals surface area contributed by atoms with Crippen LogP contribution in [0.25, 0.3) is 6.08 Å². The molecule has 0 saturated heterocycles. The zero-order valence-corrected chi connectivity index (χ0v) is 11.7. The molecule has 0 aliphatic carbocycles. The summed E-state index contributed by atoms with van der Waals surface area (Å²) in [6, 6.07) is 10.1. The fraction of sp³-hybridized carbons (Fsp3) is 0.286. The van der Waals surface area contributed by atoms with Crippen molar-refractivity contribution in [2.24, 2.45) is 0 Å². The summed E-state index contributed by atoms with van der Waals surface area (Å²) < 4.78 is 1.68. The number of H-pyrrole nitrogens is 1. The van der Waals surface area contributed by atoms with Gasteiger partial charge in [-0.05, 0) is 12.0 Å². The van der Waals surface area contributed by atoms with Gasteiger partial charge in [-0.3, -0.25) is 4.57 Å². The summed E-state index contributed by atoms with van der Waals surface area (Å²) in [6.07, 6.45) is 5.07. The maximum Gasteiger partial charge on any atom is 0.343 e. The summed E-state index contributed by atoms with van der Waals surface area (Å²) in [5, 5.41) is 7.28. The zero-order valence-electron chi connectivity index (χ0n) is 10.9. The first-order valence-electron chi connectivity index (χ1n) is 6.31. The first-order valence-corrected chi connectivity index (χ1v) is 7.29. The molecule has 1 aromatic heterocycles. The minimum absolute atomic E-state index is 0.128. The average Bonchev–Trinajstić information content (AvgIpc) is 2.78. The molecule has 0 aliphatic rings. The second-order valence-electron chi connectivity index (χ2n) is 4.09. The van der Waals surface area contributed by atoms with Crippen LogP contribution in [-0.2, 0) is 6.54 Å². The van der Waals surface area contributed by atoms with Gasteiger partial charge in [0.25, 0.3) is 0 Å². The molecule has 0 amide bonds. The van der Waals surface area contributed by atoms with E-state index < -0.39 is 0 Å². The van der Waals surface area contributed by atoms with Crippen LogP contribution < -0.4 is 5.69 Å². The van der Waals surface area contributed by atoms with Crippen molar-refractivity contribution < 1.29 is 0 Å². The molecule has 0 saturated carbocycles. The van der Waals surface area contributed by atoms with Crippen LogP contribution in [0.2, 0.25) is 0 Å². The molecule has 0 radical (unpaired) electrons. The van der Waals surface area contributed by atoms with E-state index in [-0.39, 0.29) is 5.69 Å². The van der Waals surface area contributed by atoms with Crippen molar-refractivity contribution in [1.29, 1.82) is 0 Å². The van der Waals surface area contributed by atoms with Crippen LogP contribution in [0.3, 0.4) is 0 Å². The van der Waals surface area contributed by atoms with E-state index in [1.54, 1.807) is 16.3 Å². The molecule has 19 heavy (non-hydrogen) atoms. The highest BCUT2D eigenvalue weighted by molar-refractivity contribution is 7.99. The molecule has 0 aliphatic heterocycles. The lowest BCUT2D eigenvalue weighted by molar-refractivity contribution is 0.604. The molecular weight excluding hydrogens is 258 g/mol. The topological polar surface area (TPSA) is 50.7 Å². The van der Waals surface area contributed by atoms with E-state index in [1.165, 1.54) is 5.56 Å². The van der Waals surface area contributed by atoms with Gasteiger partial charge in [0.05, 0.1) is 0 Å². The number of aromatic nitrogens is 3. The van der Waals surface area contributed by atoms with Crippen LogP contribution in [0.4, 0.5) is 0 Å². The molecule has 4 nitrogen and oxygen atoms in total. The summed E-state index contributed by atoms with van der Waals surface area (Å²) in [6.45, 7) is 2.75. The first kappa shape index (κ1) is 13.7. The molecule has 5 heteroatoms. The number of aromatic amines is 1. The van der Waals surface area contributed by atoms with Crippen LogP contribution >= 0.6 is 11.8 Å². The third kappa shape index (κ3) is 3.86. The van der Waals surface area contributed by atoms with Gasteiger partial charge < -0.3 is 0 Å². The highest BCUT2D eigenvalue weighted by Crippen LogP contribution is 2.14. The van der Waals surface area contributed by atoms with Gasteiger partial charge in [-0.1, -0.05) is 61.2 Å². The Kier molecular flexibility index (Phi) is 5.03. The van der Waals surface area contributed by atoms with Crippen molar-refractivity contribution >= 4 is 17.8 Å². The van der Waals surface area contributed by atoms with Gasteiger partial charge in [-0.2, -0.15) is 0 Å². The molecule has 1 heterocycles. The quantitative estimate of drug-likeness (QED) is 0.825. The fourth-order valence-corrected chi connectivity index (χ4v) is 2.49. The maximum atomic E-state index is 11.5. The maximum absolute atomic E-state index is 11.5. The second kappa shape index (κ2) is 6.99. The standard InChI is InChI=1S/C14H17N3OS/c1-2-10-17-13(18)15-16-14(17)19-11-6-9-12-7-4-3-5-8-12/h3-9H,2,10-11H2,1H3,(H,15,18)/b9-6+. The summed E-state index contributed by atoms with van der Waals surface area (Å²) in [4.78, 5) is 11.5. The molecule has 0 unspecified atom stereocenters. The Morgan fingerprint density at radius 2 is 2.16 bits per heavy atom. The molecule has 2 aromatic rings. The molecule has 0 spiro atoms. The molecule has 2 rings (SSSR count). The average molecular weight is 275 g/mol. The third-order valence-corrected chi connectivity index (χ3v) is 3.52. The second-order valence-corrected chi connectivity index (χ2v) is 5.07. The lowest BCUT2D eigenvalue weighted by Gasteiger charge is -2.01. The minimum atomic E-state index is -0.128. The van der Waals surface area contributed by atoms with E-state index >= 15 is 0 Å². The molecule has 100 valence electrons. The van der Waals surface area contributed by atoms with Crippen LogP contribution in [-0.4, -0.2) is 20.5 Å². The summed E-state index contributed by atoms with van der Waals surface area (Å²) >= 11 is 1.56. The minimum Gasteiger partial charge on any atom is -0.270 e. The predicted molar refractivity (Wildman–Crippen MR) is 79.3 cm³/mol. The molecule has 1 aromatic carbocycles. The molecule has 0 fully saturated rings. The molecule has 0 bridgehead atoms. The van der Waals surface area contributed by atoms with E-state index in [1.807, 2.05) is 25.1 Å². The Labute approximate surface area is 116 Å². The lowest BCUT2D eigenvalue weighted by atomic mass is 10.2. The number of benzene rings is 1. The fourth-order valence-electron chi connectivity index (χ4n) is 1.71. The Morgan fingerprint density at radius 1 is 1.37 bits per heavy atom. The first-order chi connectivity index (χ1) is 9.31. The van der Waals surface area contributed by atoms with Crippen molar-refractivity contribution in [3.63, 3.8) is 0 Å². The Balaban J connectivity index is 1.93. The number of nitrogens with one attached hydrogen (secondary N) is 1. The van der Waals surface area contributed by atoms with Crippen molar-refractivity contribution in [2.45, 2.75) is 25.0 Å². The summed E-state index contributed by atoms with van der Waals surface area (Å²) in [7, 11) is 0. The van der Waals surface area contributed by atoms with E-state index in [4.69, 9.17) is 0 Å². The highest BCUT2D eigenvalue weighted by Gasteiger charge is 2.06. The molecule has 1 N–H and O–H groups in total. The van der Waals surface area contributed by atoms with E-state index in [9.17, 15) is 4.79 Å². The number of hydrogen-bond donors (Lipinski definition) is 1. The number of nitrogens with zero attached hydrogens (tertiary/aromatic N) is 2. The van der Waals surface area contributed by atoms with Crippen molar-refractivity contribution in [2.75, 3.05) is 5.75 Å². The van der Waals surface area contributed by atoms with Crippen LogP contribution in [0, 0.1) is 0 Å². The van der Waals surface area contributed by atoms with E-state index in [0.29, 0.717) is 6.54 Å². The third-order valence-electron chi connectivity index (χ3n) is 2.59. The van der Waals surface area contributed by atoms with Crippen molar-refractivity contribution in [3.8, 4) is 0 Å². The normalized spacial score (nSPS) is 11.2. The highest BCUT2D eigenvalue weighted by atomic mass is 32.2. The summed E-state index contributed by atoms with van der Waals surface area (Å²) in [5.41, 5.74) is 1.05. The Hall–Kier alpha value is -1.75. The van der Waals surface area contributed by atoms with Gasteiger partial charge >= 0.3 is 5.69 Å². The summed E-state index contributed by atoms with van der Waals surface area (Å²) in [5.74, 6) is 0.795. The lowest BCUT2D eigenvalue weighted by Crippen LogP contribution is -2.17. The van der Waals surface area contributed by atoms with Crippen molar-refractivity contribution in [3.05, 3.63) is 52.5 Å². The van der Waals surface area contributed by atoms with Crippen LogP contribution in [0.1, 0.15) is 18.9 Å². The van der Waals surface area contributed by atoms with Crippen molar-refractivity contribution in [1.82, 2.24) is 14.8 Å². The van der Waals surface area contributed by atoms with Crippen LogP contribution in [0.15, 0.2) is 46.4 Å². The van der Waals surface area contributed by atoms with Gasteiger partial charge in [0.15, 0.2) is 5.16 Å². The van der Waals surface area contributed by atoms with Gasteiger partial charge in [-0.25, -0.2) is 9.89 Å². The largest absolute Gasteiger partial charge is 0.343 e. The van der Waals surface area contributed by atoms with Gasteiger partial charge in [0.1, 0.15) is 0 Å². The van der Waals surface area contributed by atoms with Gasteiger partial charge in [0, 0.05) is 12.3 Å². The predicted octanol–water partition coefficient (Wildman–Crippen LogP) is 2.79. The Bertz CT molecular complexity index is 586. The monoisotopic (exact) mass is 275 g/mol. The van der Waals surface area contributed by atoms with E-state index in [0.717, 1.165) is 17.3 Å². The van der Waals surface area contributed by atoms with E-state index in [2.05, 4.69) is 34.5 Å². The number of rotatable bonds is 6. The van der Waals surface area contributed by atoms with Gasteiger partial charge in [0.2, 0.25) is 0 Å². The van der Waals surface area contributed by atoms with Gasteiger partial charge in [-0.15, -0.1) is 5.10 Å². The molecule has 0 atom stereocenters. The number of thioether (sulfide) groups is 1.